The molecule has 6 heteroatoms. The Hall–Kier alpha value is -0.650. The number of carbonyl (C=O) groups is 1. The molecule has 1 heterocycles. The van der Waals surface area contributed by atoms with E-state index in [4.69, 9.17) is 16.4 Å². The summed E-state index contributed by atoms with van der Waals surface area (Å²) < 4.78 is 0. The average molecular weight is 207 g/mol. The Morgan fingerprint density at radius 2 is 2.67 bits per heavy atom. The SMILES string of the molecule is CCONC(=O)c1scnc1Cl. The number of hydrogen-bond acceptors (Lipinski definition) is 4. The summed E-state index contributed by atoms with van der Waals surface area (Å²) in [6.45, 7) is 2.19. The zero-order valence-corrected chi connectivity index (χ0v) is 7.91. The Balaban J connectivity index is 2.59. The zero-order chi connectivity index (χ0) is 8.97. The Morgan fingerprint density at radius 3 is 3.17 bits per heavy atom. The molecule has 1 N–H and O–H groups in total. The lowest BCUT2D eigenvalue weighted by Gasteiger charge is -2.00. The number of nitrogens with one attached hydrogen (secondary N) is 1. The van der Waals surface area contributed by atoms with Crippen LogP contribution in [-0.2, 0) is 4.84 Å². The smallest absolute Gasteiger partial charge is 0.274 e. The van der Waals surface area contributed by atoms with Gasteiger partial charge >= 0.3 is 0 Å². The summed E-state index contributed by atoms with van der Waals surface area (Å²) in [4.78, 5) is 19.9. The molecule has 0 fully saturated rings. The summed E-state index contributed by atoms with van der Waals surface area (Å²) in [6, 6.07) is 0. The Bertz CT molecular complexity index is 276. The van der Waals surface area contributed by atoms with Crippen molar-refractivity contribution in [1.82, 2.24) is 10.5 Å². The summed E-state index contributed by atoms with van der Waals surface area (Å²) >= 11 is 6.77. The molecule has 1 amide bonds. The van der Waals surface area contributed by atoms with E-state index in [0.29, 0.717) is 11.5 Å². The number of nitrogens with zero attached hydrogens (tertiary/aromatic N) is 1. The first kappa shape index (κ1) is 9.44. The fourth-order valence-electron chi connectivity index (χ4n) is 0.564. The molecular formula is C6H7ClN2O2S. The van der Waals surface area contributed by atoms with Gasteiger partial charge in [-0.25, -0.2) is 10.5 Å². The summed E-state index contributed by atoms with van der Waals surface area (Å²) in [5, 5.41) is 0.206. The van der Waals surface area contributed by atoms with E-state index in [2.05, 4.69) is 10.5 Å². The van der Waals surface area contributed by atoms with E-state index in [0.717, 1.165) is 0 Å². The molecule has 0 aromatic carbocycles. The van der Waals surface area contributed by atoms with Gasteiger partial charge in [0.25, 0.3) is 5.91 Å². The number of thiazole rings is 1. The van der Waals surface area contributed by atoms with E-state index in [1.165, 1.54) is 16.8 Å². The predicted octanol–water partition coefficient (Wildman–Crippen LogP) is 1.48. The van der Waals surface area contributed by atoms with Gasteiger partial charge in [-0.15, -0.1) is 11.3 Å². The second-order valence-corrected chi connectivity index (χ2v) is 3.05. The minimum absolute atomic E-state index is 0.206. The minimum atomic E-state index is -0.357. The van der Waals surface area contributed by atoms with Gasteiger partial charge < -0.3 is 0 Å². The largest absolute Gasteiger partial charge is 0.288 e. The maximum Gasteiger partial charge on any atom is 0.288 e. The van der Waals surface area contributed by atoms with Crippen LogP contribution in [-0.4, -0.2) is 17.5 Å². The van der Waals surface area contributed by atoms with E-state index in [-0.39, 0.29) is 11.1 Å². The van der Waals surface area contributed by atoms with Crippen LogP contribution in [0.25, 0.3) is 0 Å². The lowest BCUT2D eigenvalue weighted by atomic mass is 10.5. The minimum Gasteiger partial charge on any atom is -0.274 e. The predicted molar refractivity (Wildman–Crippen MR) is 46.2 cm³/mol. The van der Waals surface area contributed by atoms with Gasteiger partial charge in [0.2, 0.25) is 0 Å². The normalized spacial score (nSPS) is 9.83. The highest BCUT2D eigenvalue weighted by molar-refractivity contribution is 7.12. The molecule has 0 aliphatic carbocycles. The quantitative estimate of drug-likeness (QED) is 0.763. The molecule has 0 unspecified atom stereocenters. The number of hydroxylamine groups is 1. The molecule has 12 heavy (non-hydrogen) atoms. The van der Waals surface area contributed by atoms with Crippen molar-refractivity contribution in [1.29, 1.82) is 0 Å². The molecule has 0 aliphatic heterocycles. The van der Waals surface area contributed by atoms with Crippen LogP contribution >= 0.6 is 22.9 Å². The first-order valence-electron chi connectivity index (χ1n) is 3.26. The van der Waals surface area contributed by atoms with Gasteiger partial charge in [-0.3, -0.25) is 9.63 Å². The fraction of sp³-hybridized carbons (Fsp3) is 0.333. The van der Waals surface area contributed by atoms with E-state index in [1.807, 2.05) is 0 Å². The molecule has 4 nitrogen and oxygen atoms in total. The number of halogens is 1. The van der Waals surface area contributed by atoms with Gasteiger partial charge in [0.1, 0.15) is 4.88 Å². The van der Waals surface area contributed by atoms with Crippen molar-refractivity contribution < 1.29 is 9.63 Å². The third-order valence-electron chi connectivity index (χ3n) is 1.04. The van der Waals surface area contributed by atoms with E-state index < -0.39 is 0 Å². The third-order valence-corrected chi connectivity index (χ3v) is 2.26. The van der Waals surface area contributed by atoms with E-state index >= 15 is 0 Å². The molecule has 0 atom stereocenters. The average Bonchev–Trinajstić information content (AvgIpc) is 2.47. The highest BCUT2D eigenvalue weighted by Gasteiger charge is 2.12. The van der Waals surface area contributed by atoms with Crippen molar-refractivity contribution >= 4 is 28.8 Å². The van der Waals surface area contributed by atoms with Gasteiger partial charge in [0.15, 0.2) is 5.15 Å². The molecule has 1 aromatic rings. The molecule has 1 rings (SSSR count). The zero-order valence-electron chi connectivity index (χ0n) is 6.33. The van der Waals surface area contributed by atoms with Crippen LogP contribution in [0.1, 0.15) is 16.6 Å². The monoisotopic (exact) mass is 206 g/mol. The molecule has 1 aromatic heterocycles. The summed E-state index contributed by atoms with van der Waals surface area (Å²) in [5.74, 6) is -0.357. The lowest BCUT2D eigenvalue weighted by Crippen LogP contribution is -2.22. The van der Waals surface area contributed by atoms with Gasteiger partial charge in [-0.05, 0) is 6.92 Å². The van der Waals surface area contributed by atoms with Crippen LogP contribution in [0.15, 0.2) is 5.51 Å². The number of carbonyl (C=O) groups excluding carboxylic acids is 1. The van der Waals surface area contributed by atoms with Crippen molar-refractivity contribution in [2.75, 3.05) is 6.61 Å². The van der Waals surface area contributed by atoms with Gasteiger partial charge in [0, 0.05) is 0 Å². The van der Waals surface area contributed by atoms with E-state index in [9.17, 15) is 4.79 Å². The molecule has 0 radical (unpaired) electrons. The fourth-order valence-corrected chi connectivity index (χ4v) is 1.45. The van der Waals surface area contributed by atoms with Crippen LogP contribution in [0.3, 0.4) is 0 Å². The van der Waals surface area contributed by atoms with Crippen LogP contribution in [0, 0.1) is 0 Å². The number of hydrogen-bond donors (Lipinski definition) is 1. The van der Waals surface area contributed by atoms with Crippen molar-refractivity contribution in [3.8, 4) is 0 Å². The van der Waals surface area contributed by atoms with Crippen LogP contribution in [0.4, 0.5) is 0 Å². The van der Waals surface area contributed by atoms with Crippen molar-refractivity contribution in [3.05, 3.63) is 15.5 Å². The maximum absolute atomic E-state index is 11.1. The Morgan fingerprint density at radius 1 is 1.92 bits per heavy atom. The summed E-state index contributed by atoms with van der Waals surface area (Å²) in [7, 11) is 0. The summed E-state index contributed by atoms with van der Waals surface area (Å²) in [6.07, 6.45) is 0. The molecule has 0 saturated carbocycles. The third kappa shape index (κ3) is 2.17. The number of rotatable bonds is 3. The molecule has 0 saturated heterocycles. The summed E-state index contributed by atoms with van der Waals surface area (Å²) in [5.41, 5.74) is 3.73. The highest BCUT2D eigenvalue weighted by Crippen LogP contribution is 2.17. The van der Waals surface area contributed by atoms with Crippen LogP contribution in [0.2, 0.25) is 5.15 Å². The lowest BCUT2D eigenvalue weighted by molar-refractivity contribution is 0.0368. The first-order valence-corrected chi connectivity index (χ1v) is 4.52. The standard InChI is InChI=1S/C6H7ClN2O2S/c1-2-11-9-6(10)4-5(7)8-3-12-4/h3H,2H2,1H3,(H,9,10). The van der Waals surface area contributed by atoms with Gasteiger partial charge in [0.05, 0.1) is 12.1 Å². The maximum atomic E-state index is 11.1. The van der Waals surface area contributed by atoms with Crippen molar-refractivity contribution in [2.24, 2.45) is 0 Å². The molecule has 0 aliphatic rings. The molecule has 66 valence electrons. The van der Waals surface area contributed by atoms with Crippen molar-refractivity contribution in [3.63, 3.8) is 0 Å². The molecule has 0 spiro atoms. The van der Waals surface area contributed by atoms with Crippen LogP contribution < -0.4 is 5.48 Å². The van der Waals surface area contributed by atoms with E-state index in [1.54, 1.807) is 6.92 Å². The highest BCUT2D eigenvalue weighted by atomic mass is 35.5. The first-order chi connectivity index (χ1) is 5.75. The Labute approximate surface area is 78.5 Å². The number of aromatic nitrogens is 1. The van der Waals surface area contributed by atoms with Crippen molar-refractivity contribution in [2.45, 2.75) is 6.92 Å². The number of amides is 1. The second kappa shape index (κ2) is 4.39. The Kier molecular flexibility index (Phi) is 3.46. The second-order valence-electron chi connectivity index (χ2n) is 1.84. The van der Waals surface area contributed by atoms with Gasteiger partial charge in [-0.1, -0.05) is 11.6 Å². The van der Waals surface area contributed by atoms with Crippen LogP contribution in [0.5, 0.6) is 0 Å². The topological polar surface area (TPSA) is 51.2 Å². The molecular weight excluding hydrogens is 200 g/mol. The van der Waals surface area contributed by atoms with Gasteiger partial charge in [-0.2, -0.15) is 0 Å². The molecule has 0 bridgehead atoms.